The number of para-hydroxylation sites is 1. The number of aromatic nitrogens is 1. The molecule has 108 valence electrons. The first-order valence-corrected chi connectivity index (χ1v) is 6.98. The Morgan fingerprint density at radius 2 is 2.10 bits per heavy atom. The highest BCUT2D eigenvalue weighted by atomic mass is 79.9. The molecule has 3 rings (SSSR count). The molecule has 2 N–H and O–H groups in total. The minimum Gasteiger partial charge on any atom is -0.479 e. The lowest BCUT2D eigenvalue weighted by molar-refractivity contribution is -0.152. The van der Waals surface area contributed by atoms with Gasteiger partial charge in [-0.25, -0.2) is 4.79 Å². The average molecular weight is 351 g/mol. The van der Waals surface area contributed by atoms with E-state index < -0.39 is 29.6 Å². The number of hydrogen-bond acceptors (Lipinski definition) is 3. The maximum Gasteiger partial charge on any atom is 0.338 e. The first kappa shape index (κ1) is 13.8. The van der Waals surface area contributed by atoms with Gasteiger partial charge in [0.05, 0.1) is 22.6 Å². The van der Waals surface area contributed by atoms with E-state index in [9.17, 15) is 19.5 Å². The summed E-state index contributed by atoms with van der Waals surface area (Å²) in [7, 11) is 0. The van der Waals surface area contributed by atoms with Crippen molar-refractivity contribution >= 4 is 44.7 Å². The van der Waals surface area contributed by atoms with Crippen molar-refractivity contribution in [3.8, 4) is 0 Å². The van der Waals surface area contributed by atoms with Crippen LogP contribution in [-0.4, -0.2) is 37.2 Å². The molecule has 0 aliphatic carbocycles. The Morgan fingerprint density at radius 1 is 1.38 bits per heavy atom. The van der Waals surface area contributed by atoms with Gasteiger partial charge in [-0.15, -0.1) is 0 Å². The number of benzene rings is 1. The maximum atomic E-state index is 12.1. The fourth-order valence-corrected chi connectivity index (χ4v) is 3.28. The molecule has 0 unspecified atom stereocenters. The van der Waals surface area contributed by atoms with E-state index in [2.05, 4.69) is 21.1 Å². The second-order valence-electron chi connectivity index (χ2n) is 4.98. The first-order valence-electron chi connectivity index (χ1n) is 6.27. The summed E-state index contributed by atoms with van der Waals surface area (Å²) in [6.07, 6.45) is 1.19. The molecule has 1 aliphatic rings. The summed E-state index contributed by atoms with van der Waals surface area (Å²) in [5.74, 6) is -2.48. The second kappa shape index (κ2) is 4.70. The van der Waals surface area contributed by atoms with E-state index in [0.717, 1.165) is 14.8 Å². The molecule has 1 aromatic heterocycles. The van der Waals surface area contributed by atoms with Gasteiger partial charge in [-0.2, -0.15) is 0 Å². The SMILES string of the molecule is O=C1CC(=O)[C@@](Cc2c[nH]c3ccccc23)(C(=O)O)N1Br. The van der Waals surface area contributed by atoms with Gasteiger partial charge < -0.3 is 10.1 Å². The van der Waals surface area contributed by atoms with Crippen LogP contribution >= 0.6 is 16.1 Å². The molecule has 21 heavy (non-hydrogen) atoms. The molecule has 2 aromatic rings. The number of hydrogen-bond donors (Lipinski definition) is 2. The van der Waals surface area contributed by atoms with E-state index in [1.54, 1.807) is 6.20 Å². The number of carboxylic acid groups (broad SMARTS) is 1. The summed E-state index contributed by atoms with van der Waals surface area (Å²) in [5, 5.41) is 10.4. The smallest absolute Gasteiger partial charge is 0.338 e. The van der Waals surface area contributed by atoms with Crippen LogP contribution < -0.4 is 0 Å². The molecular formula is C14H11BrN2O4. The largest absolute Gasteiger partial charge is 0.479 e. The van der Waals surface area contributed by atoms with Crippen LogP contribution in [0.4, 0.5) is 0 Å². The number of carboxylic acids is 1. The third kappa shape index (κ3) is 1.88. The fraction of sp³-hybridized carbons (Fsp3) is 0.214. The summed E-state index contributed by atoms with van der Waals surface area (Å²) < 4.78 is 0.867. The zero-order chi connectivity index (χ0) is 15.2. The Hall–Kier alpha value is -2.15. The number of carbonyl (C=O) groups is 3. The van der Waals surface area contributed by atoms with Crippen LogP contribution in [-0.2, 0) is 20.8 Å². The Bertz CT molecular complexity index is 769. The molecule has 1 aliphatic heterocycles. The van der Waals surface area contributed by atoms with Crippen molar-refractivity contribution in [2.45, 2.75) is 18.4 Å². The number of carbonyl (C=O) groups excluding carboxylic acids is 2. The van der Waals surface area contributed by atoms with Crippen LogP contribution in [0.25, 0.3) is 10.9 Å². The molecule has 0 spiro atoms. The van der Waals surface area contributed by atoms with Crippen LogP contribution in [0, 0.1) is 0 Å². The zero-order valence-corrected chi connectivity index (χ0v) is 12.4. The fourth-order valence-electron chi connectivity index (χ4n) is 2.68. The van der Waals surface area contributed by atoms with Gasteiger partial charge in [-0.3, -0.25) is 13.5 Å². The lowest BCUT2D eigenvalue weighted by atomic mass is 9.88. The number of nitrogens with one attached hydrogen (secondary N) is 1. The molecule has 1 aromatic carbocycles. The van der Waals surface area contributed by atoms with E-state index in [1.807, 2.05) is 24.3 Å². The minimum absolute atomic E-state index is 0.0812. The van der Waals surface area contributed by atoms with E-state index in [-0.39, 0.29) is 6.42 Å². The van der Waals surface area contributed by atoms with Crippen molar-refractivity contribution in [2.75, 3.05) is 0 Å². The molecule has 1 amide bonds. The Morgan fingerprint density at radius 3 is 2.71 bits per heavy atom. The number of fused-ring (bicyclic) bond motifs is 1. The lowest BCUT2D eigenvalue weighted by Crippen LogP contribution is -2.53. The Balaban J connectivity index is 2.10. The van der Waals surface area contributed by atoms with E-state index in [0.29, 0.717) is 5.56 Å². The van der Waals surface area contributed by atoms with Gasteiger partial charge in [-0.1, -0.05) is 18.2 Å². The predicted octanol–water partition coefficient (Wildman–Crippen LogP) is 1.65. The second-order valence-corrected chi connectivity index (χ2v) is 5.69. The highest BCUT2D eigenvalue weighted by Crippen LogP contribution is 2.35. The molecule has 0 radical (unpaired) electrons. The van der Waals surface area contributed by atoms with Crippen LogP contribution in [0.15, 0.2) is 30.5 Å². The van der Waals surface area contributed by atoms with Crippen LogP contribution in [0.2, 0.25) is 0 Å². The highest BCUT2D eigenvalue weighted by Gasteiger charge is 2.58. The molecule has 2 heterocycles. The van der Waals surface area contributed by atoms with Crippen LogP contribution in [0.3, 0.4) is 0 Å². The molecule has 1 atom stereocenters. The molecule has 0 bridgehead atoms. The molecule has 7 heteroatoms. The maximum absolute atomic E-state index is 12.1. The predicted molar refractivity (Wildman–Crippen MR) is 77.8 cm³/mol. The number of halogens is 1. The van der Waals surface area contributed by atoms with Crippen molar-refractivity contribution in [3.05, 3.63) is 36.0 Å². The van der Waals surface area contributed by atoms with Gasteiger partial charge in [0.15, 0.2) is 5.78 Å². The van der Waals surface area contributed by atoms with Gasteiger partial charge >= 0.3 is 5.97 Å². The Kier molecular flexibility index (Phi) is 3.09. The van der Waals surface area contributed by atoms with Gasteiger partial charge in [0.2, 0.25) is 11.4 Å². The summed E-state index contributed by atoms with van der Waals surface area (Å²) in [5.41, 5.74) is -0.353. The zero-order valence-electron chi connectivity index (χ0n) is 10.8. The Labute approximate surface area is 128 Å². The third-order valence-electron chi connectivity index (χ3n) is 3.80. The molecular weight excluding hydrogens is 340 g/mol. The number of H-pyrrole nitrogens is 1. The minimum atomic E-state index is -1.89. The van der Waals surface area contributed by atoms with Crippen molar-refractivity contribution in [1.82, 2.24) is 8.91 Å². The number of nitrogens with zero attached hydrogens (tertiary/aromatic N) is 1. The first-order chi connectivity index (χ1) is 9.96. The van der Waals surface area contributed by atoms with Crippen molar-refractivity contribution in [3.63, 3.8) is 0 Å². The van der Waals surface area contributed by atoms with Crippen molar-refractivity contribution in [1.29, 1.82) is 0 Å². The number of Topliss-reactive ketones (excluding diaryl/α,β-unsaturated/α-hetero) is 1. The van der Waals surface area contributed by atoms with Crippen molar-refractivity contribution < 1.29 is 19.5 Å². The van der Waals surface area contributed by atoms with E-state index >= 15 is 0 Å². The van der Waals surface area contributed by atoms with E-state index in [4.69, 9.17) is 0 Å². The number of rotatable bonds is 3. The summed E-state index contributed by atoms with van der Waals surface area (Å²) in [6, 6.07) is 7.40. The summed E-state index contributed by atoms with van der Waals surface area (Å²) >= 11 is 2.95. The molecule has 0 saturated carbocycles. The third-order valence-corrected chi connectivity index (χ3v) is 4.80. The molecule has 6 nitrogen and oxygen atoms in total. The number of aromatic amines is 1. The van der Waals surface area contributed by atoms with Gasteiger partial charge in [0.25, 0.3) is 0 Å². The number of ketones is 1. The number of amides is 1. The standard InChI is InChI=1S/C14H11BrN2O4/c15-17-12(19)5-11(18)14(17,13(20)21)6-8-7-16-10-4-2-1-3-9(8)10/h1-4,7,16H,5-6H2,(H,20,21)/t14-/m0/s1. The van der Waals surface area contributed by atoms with Gasteiger partial charge in [-0.05, 0) is 11.6 Å². The summed E-state index contributed by atoms with van der Waals surface area (Å²) in [6.45, 7) is 0. The summed E-state index contributed by atoms with van der Waals surface area (Å²) in [4.78, 5) is 38.6. The van der Waals surface area contributed by atoms with Gasteiger partial charge in [0.1, 0.15) is 0 Å². The lowest BCUT2D eigenvalue weighted by Gasteiger charge is -2.27. The van der Waals surface area contributed by atoms with Crippen LogP contribution in [0.1, 0.15) is 12.0 Å². The topological polar surface area (TPSA) is 90.5 Å². The average Bonchev–Trinajstić information content (AvgIpc) is 2.94. The molecule has 1 saturated heterocycles. The van der Waals surface area contributed by atoms with Gasteiger partial charge in [0, 0.05) is 23.5 Å². The normalized spacial score (nSPS) is 22.2. The van der Waals surface area contributed by atoms with Crippen molar-refractivity contribution in [2.24, 2.45) is 0 Å². The van der Waals surface area contributed by atoms with E-state index in [1.165, 1.54) is 0 Å². The van der Waals surface area contributed by atoms with Crippen LogP contribution in [0.5, 0.6) is 0 Å². The quantitative estimate of drug-likeness (QED) is 0.650. The monoisotopic (exact) mass is 350 g/mol. The molecule has 1 fully saturated rings. The number of aliphatic carboxylic acids is 1. The highest BCUT2D eigenvalue weighted by molar-refractivity contribution is 9.07.